The number of halogens is 1. The van der Waals surface area contributed by atoms with Gasteiger partial charge in [0.2, 0.25) is 5.91 Å². The molecule has 0 radical (unpaired) electrons. The first kappa shape index (κ1) is 24.8. The van der Waals surface area contributed by atoms with Gasteiger partial charge in [-0.2, -0.15) is 0 Å². The smallest absolute Gasteiger partial charge is 0.259 e. The summed E-state index contributed by atoms with van der Waals surface area (Å²) in [6, 6.07) is 17.5. The van der Waals surface area contributed by atoms with Gasteiger partial charge in [-0.05, 0) is 49.2 Å². The summed E-state index contributed by atoms with van der Waals surface area (Å²) in [5.74, 6) is -1.08. The zero-order chi connectivity index (χ0) is 25.9. The number of nitrogens with zero attached hydrogens (tertiary/aromatic N) is 2. The standard InChI is InChI=1S/C28H26FN3O4S/c29-22-9-3-1-7-20(22)18-32-23-17-19(27(34)30-14-6-16-31-15-5-11-26(31)33)12-13-25(23)37(36)24-10-4-2-8-21(24)28(32)35/h1-4,7-10,12-13,17H,5-6,11,14-16,18H2,(H,30,34). The van der Waals surface area contributed by atoms with Crippen LogP contribution in [0.15, 0.2) is 76.5 Å². The second-order valence-corrected chi connectivity index (χ2v) is 10.4. The van der Waals surface area contributed by atoms with Crippen molar-refractivity contribution in [3.63, 3.8) is 0 Å². The summed E-state index contributed by atoms with van der Waals surface area (Å²) in [6.45, 7) is 1.64. The number of amides is 3. The number of carbonyl (C=O) groups excluding carboxylic acids is 3. The van der Waals surface area contributed by atoms with E-state index in [9.17, 15) is 23.0 Å². The second-order valence-electron chi connectivity index (χ2n) is 9.02. The number of hydrogen-bond acceptors (Lipinski definition) is 4. The van der Waals surface area contributed by atoms with Crippen molar-refractivity contribution in [3.05, 3.63) is 89.2 Å². The van der Waals surface area contributed by atoms with E-state index in [4.69, 9.17) is 0 Å². The van der Waals surface area contributed by atoms with Crippen LogP contribution >= 0.6 is 0 Å². The van der Waals surface area contributed by atoms with E-state index < -0.39 is 22.5 Å². The average Bonchev–Trinajstić information content (AvgIpc) is 3.30. The van der Waals surface area contributed by atoms with Crippen molar-refractivity contribution in [2.45, 2.75) is 35.6 Å². The molecule has 9 heteroatoms. The topological polar surface area (TPSA) is 86.8 Å². The van der Waals surface area contributed by atoms with Gasteiger partial charge in [0.25, 0.3) is 11.8 Å². The highest BCUT2D eigenvalue weighted by molar-refractivity contribution is 7.85. The largest absolute Gasteiger partial charge is 0.352 e. The van der Waals surface area contributed by atoms with E-state index >= 15 is 0 Å². The van der Waals surface area contributed by atoms with E-state index in [0.717, 1.165) is 13.0 Å². The fraction of sp³-hybridized carbons (Fsp3) is 0.250. The summed E-state index contributed by atoms with van der Waals surface area (Å²) in [6.07, 6.45) is 2.07. The maximum atomic E-state index is 14.6. The van der Waals surface area contributed by atoms with Crippen LogP contribution in [-0.4, -0.2) is 46.5 Å². The van der Waals surface area contributed by atoms with Crippen LogP contribution in [-0.2, 0) is 22.1 Å². The molecular formula is C28H26FN3O4S. The SMILES string of the molecule is O=C(NCCCN1CCCC1=O)c1ccc2c(c1)N(Cc1ccccc1F)C(=O)c1ccccc1S2=O. The van der Waals surface area contributed by atoms with Gasteiger partial charge in [-0.1, -0.05) is 30.3 Å². The minimum absolute atomic E-state index is 0.0843. The van der Waals surface area contributed by atoms with Crippen LogP contribution in [0.1, 0.15) is 45.5 Å². The van der Waals surface area contributed by atoms with Gasteiger partial charge < -0.3 is 15.1 Å². The van der Waals surface area contributed by atoms with Gasteiger partial charge in [0.05, 0.1) is 38.4 Å². The fourth-order valence-electron chi connectivity index (χ4n) is 4.67. The van der Waals surface area contributed by atoms with Gasteiger partial charge in [0, 0.05) is 37.2 Å². The number of nitrogens with one attached hydrogen (secondary N) is 1. The van der Waals surface area contributed by atoms with Gasteiger partial charge in [-0.25, -0.2) is 8.60 Å². The predicted octanol–water partition coefficient (Wildman–Crippen LogP) is 3.90. The van der Waals surface area contributed by atoms with Crippen molar-refractivity contribution in [2.24, 2.45) is 0 Å². The number of benzene rings is 3. The van der Waals surface area contributed by atoms with Gasteiger partial charge in [0.1, 0.15) is 5.82 Å². The fourth-order valence-corrected chi connectivity index (χ4v) is 6.02. The number of likely N-dealkylation sites (tertiary alicyclic amines) is 1. The highest BCUT2D eigenvalue weighted by Crippen LogP contribution is 2.36. The van der Waals surface area contributed by atoms with Crippen LogP contribution in [0.2, 0.25) is 0 Å². The molecule has 3 aromatic carbocycles. The van der Waals surface area contributed by atoms with Gasteiger partial charge in [0.15, 0.2) is 0 Å². The Morgan fingerprint density at radius 2 is 1.78 bits per heavy atom. The average molecular weight is 520 g/mol. The van der Waals surface area contributed by atoms with E-state index in [1.807, 2.05) is 0 Å². The number of hydrogen-bond donors (Lipinski definition) is 1. The maximum Gasteiger partial charge on any atom is 0.259 e. The quantitative estimate of drug-likeness (QED) is 0.480. The van der Waals surface area contributed by atoms with Gasteiger partial charge >= 0.3 is 0 Å². The molecule has 7 nitrogen and oxygen atoms in total. The monoisotopic (exact) mass is 519 g/mol. The molecule has 2 aliphatic heterocycles. The van der Waals surface area contributed by atoms with Crippen LogP contribution in [0, 0.1) is 5.82 Å². The third-order valence-corrected chi connectivity index (χ3v) is 8.12. The second kappa shape index (κ2) is 10.6. The molecule has 3 aromatic rings. The van der Waals surface area contributed by atoms with Crippen LogP contribution < -0.4 is 10.2 Å². The summed E-state index contributed by atoms with van der Waals surface area (Å²) in [7, 11) is -1.67. The maximum absolute atomic E-state index is 14.6. The summed E-state index contributed by atoms with van der Waals surface area (Å²) in [5.41, 5.74) is 1.18. The van der Waals surface area contributed by atoms with E-state index in [-0.39, 0.29) is 23.9 Å². The minimum Gasteiger partial charge on any atom is -0.352 e. The third kappa shape index (κ3) is 5.04. The van der Waals surface area contributed by atoms with E-state index in [1.165, 1.54) is 17.0 Å². The Balaban J connectivity index is 1.43. The van der Waals surface area contributed by atoms with Crippen molar-refractivity contribution < 1.29 is 23.0 Å². The van der Waals surface area contributed by atoms with Crippen LogP contribution in [0.4, 0.5) is 10.1 Å². The molecule has 2 heterocycles. The molecule has 0 saturated carbocycles. The van der Waals surface area contributed by atoms with Gasteiger partial charge in [-0.15, -0.1) is 0 Å². The molecule has 0 spiro atoms. The lowest BCUT2D eigenvalue weighted by atomic mass is 10.1. The normalized spacial score (nSPS) is 16.8. The highest BCUT2D eigenvalue weighted by Gasteiger charge is 2.32. The molecule has 1 atom stereocenters. The highest BCUT2D eigenvalue weighted by atomic mass is 32.2. The predicted molar refractivity (Wildman–Crippen MR) is 137 cm³/mol. The van der Waals surface area contributed by atoms with E-state index in [0.29, 0.717) is 52.5 Å². The third-order valence-electron chi connectivity index (χ3n) is 6.62. The molecule has 3 amide bonds. The van der Waals surface area contributed by atoms with Crippen molar-refractivity contribution in [1.82, 2.24) is 10.2 Å². The van der Waals surface area contributed by atoms with Gasteiger partial charge in [-0.3, -0.25) is 14.4 Å². The van der Waals surface area contributed by atoms with Crippen molar-refractivity contribution in [2.75, 3.05) is 24.5 Å². The van der Waals surface area contributed by atoms with Crippen molar-refractivity contribution >= 4 is 34.2 Å². The molecule has 2 aliphatic rings. The first-order chi connectivity index (χ1) is 17.9. The first-order valence-corrected chi connectivity index (χ1v) is 13.3. The molecule has 0 bridgehead atoms. The molecular weight excluding hydrogens is 493 g/mol. The molecule has 0 aromatic heterocycles. The summed E-state index contributed by atoms with van der Waals surface area (Å²) in [4.78, 5) is 42.3. The van der Waals surface area contributed by atoms with E-state index in [1.54, 1.807) is 59.5 Å². The lowest BCUT2D eigenvalue weighted by Gasteiger charge is -2.24. The van der Waals surface area contributed by atoms with Crippen LogP contribution in [0.5, 0.6) is 0 Å². The lowest BCUT2D eigenvalue weighted by Crippen LogP contribution is -2.32. The molecule has 37 heavy (non-hydrogen) atoms. The molecule has 1 saturated heterocycles. The number of rotatable bonds is 7. The molecule has 1 N–H and O–H groups in total. The Morgan fingerprint density at radius 3 is 2.57 bits per heavy atom. The number of fused-ring (bicyclic) bond motifs is 2. The van der Waals surface area contributed by atoms with E-state index in [2.05, 4.69) is 5.32 Å². The summed E-state index contributed by atoms with van der Waals surface area (Å²) in [5, 5.41) is 2.86. The number of carbonyl (C=O) groups is 3. The summed E-state index contributed by atoms with van der Waals surface area (Å²) >= 11 is 0. The molecule has 1 fully saturated rings. The van der Waals surface area contributed by atoms with Crippen molar-refractivity contribution in [3.8, 4) is 0 Å². The Hall–Kier alpha value is -3.85. The summed E-state index contributed by atoms with van der Waals surface area (Å²) < 4.78 is 28.1. The zero-order valence-electron chi connectivity index (χ0n) is 20.1. The van der Waals surface area contributed by atoms with Crippen LogP contribution in [0.3, 0.4) is 0 Å². The Morgan fingerprint density at radius 1 is 1.00 bits per heavy atom. The number of anilines is 1. The Labute approximate surface area is 216 Å². The molecule has 0 aliphatic carbocycles. The Bertz CT molecular complexity index is 1410. The zero-order valence-corrected chi connectivity index (χ0v) is 20.9. The minimum atomic E-state index is -1.67. The molecule has 5 rings (SSSR count). The van der Waals surface area contributed by atoms with Crippen molar-refractivity contribution in [1.29, 1.82) is 0 Å². The lowest BCUT2D eigenvalue weighted by molar-refractivity contribution is -0.127. The first-order valence-electron chi connectivity index (χ1n) is 12.2. The molecule has 190 valence electrons. The Kier molecular flexibility index (Phi) is 7.14. The molecule has 1 unspecified atom stereocenters. The van der Waals surface area contributed by atoms with Crippen LogP contribution in [0.25, 0.3) is 0 Å².